The molecule has 1 aliphatic carbocycles. The van der Waals surface area contributed by atoms with E-state index in [0.717, 1.165) is 60.4 Å². The molecule has 3 rings (SSSR count). The number of nitrogens with zero attached hydrogens (tertiary/aromatic N) is 2. The van der Waals surface area contributed by atoms with Gasteiger partial charge in [-0.2, -0.15) is 10.2 Å². The Morgan fingerprint density at radius 2 is 1.97 bits per heavy atom. The standard InChI is InChI=1S/C27H33FN2O2/c1-5-7-8-23(14-16-26-20(6-2)17-19(3)29-30-26)32-27-18-24(31-4)13-15-25(27)21-9-11-22(28)12-10-21/h8-12,14-16,18,20,24H,5-7,13,17H2,1-4H3/b16-14-,23-8-. The van der Waals surface area contributed by atoms with Crippen LogP contribution in [0.3, 0.4) is 0 Å². The lowest BCUT2D eigenvalue weighted by atomic mass is 9.93. The minimum Gasteiger partial charge on any atom is -0.457 e. The van der Waals surface area contributed by atoms with Crippen LogP contribution in [0.1, 0.15) is 58.4 Å². The Hall–Kier alpha value is -2.79. The monoisotopic (exact) mass is 436 g/mol. The molecule has 0 aromatic heterocycles. The van der Waals surface area contributed by atoms with Gasteiger partial charge in [0.1, 0.15) is 17.3 Å². The highest BCUT2D eigenvalue weighted by atomic mass is 19.1. The third-order valence-electron chi connectivity index (χ3n) is 5.68. The lowest BCUT2D eigenvalue weighted by molar-refractivity contribution is 0.138. The highest BCUT2D eigenvalue weighted by Gasteiger charge is 2.20. The van der Waals surface area contributed by atoms with Crippen LogP contribution in [0.4, 0.5) is 4.39 Å². The average molecular weight is 437 g/mol. The van der Waals surface area contributed by atoms with Crippen LogP contribution in [-0.2, 0) is 9.47 Å². The van der Waals surface area contributed by atoms with E-state index in [-0.39, 0.29) is 11.9 Å². The predicted octanol–water partition coefficient (Wildman–Crippen LogP) is 7.02. The molecule has 32 heavy (non-hydrogen) atoms. The Labute approximate surface area is 190 Å². The molecule has 0 bridgehead atoms. The van der Waals surface area contributed by atoms with Gasteiger partial charge < -0.3 is 9.47 Å². The summed E-state index contributed by atoms with van der Waals surface area (Å²) in [6.07, 6.45) is 14.7. The fourth-order valence-corrected chi connectivity index (χ4v) is 3.78. The Kier molecular flexibility index (Phi) is 8.74. The summed E-state index contributed by atoms with van der Waals surface area (Å²) in [6.45, 7) is 6.33. The molecule has 0 spiro atoms. The van der Waals surface area contributed by atoms with Gasteiger partial charge in [0.15, 0.2) is 0 Å². The van der Waals surface area contributed by atoms with E-state index in [1.165, 1.54) is 12.1 Å². The lowest BCUT2D eigenvalue weighted by Crippen LogP contribution is -2.18. The SMILES string of the molecule is CCC/C=C(/C=C\C1=NN=C(C)CC1CC)OC1=CC(OC)CC=C1c1ccc(F)cc1. The van der Waals surface area contributed by atoms with Crippen molar-refractivity contribution in [3.05, 3.63) is 77.5 Å². The van der Waals surface area contributed by atoms with E-state index in [2.05, 4.69) is 36.2 Å². The quantitative estimate of drug-likeness (QED) is 0.308. The zero-order valence-electron chi connectivity index (χ0n) is 19.5. The van der Waals surface area contributed by atoms with Crippen LogP contribution in [0.15, 0.2) is 76.4 Å². The number of allylic oxidation sites excluding steroid dienone is 4. The summed E-state index contributed by atoms with van der Waals surface area (Å²) in [5.74, 6) is 1.59. The first kappa shape index (κ1) is 23.9. The summed E-state index contributed by atoms with van der Waals surface area (Å²) < 4.78 is 25.4. The second kappa shape index (κ2) is 11.7. The van der Waals surface area contributed by atoms with Crippen molar-refractivity contribution in [1.82, 2.24) is 0 Å². The summed E-state index contributed by atoms with van der Waals surface area (Å²) in [5, 5.41) is 8.68. The second-order valence-electron chi connectivity index (χ2n) is 8.17. The maximum atomic E-state index is 13.5. The van der Waals surface area contributed by atoms with Gasteiger partial charge in [-0.25, -0.2) is 4.39 Å². The normalized spacial score (nSPS) is 21.7. The molecule has 0 N–H and O–H groups in total. The number of methoxy groups -OCH3 is 1. The van der Waals surface area contributed by atoms with E-state index in [0.29, 0.717) is 11.7 Å². The van der Waals surface area contributed by atoms with Crippen molar-refractivity contribution in [3.8, 4) is 0 Å². The minimum atomic E-state index is -0.255. The zero-order chi connectivity index (χ0) is 22.9. The number of halogens is 1. The largest absolute Gasteiger partial charge is 0.457 e. The maximum Gasteiger partial charge on any atom is 0.133 e. The van der Waals surface area contributed by atoms with Crippen LogP contribution >= 0.6 is 0 Å². The molecule has 0 saturated heterocycles. The van der Waals surface area contributed by atoms with Gasteiger partial charge in [-0.15, -0.1) is 0 Å². The highest BCUT2D eigenvalue weighted by Crippen LogP contribution is 2.32. The van der Waals surface area contributed by atoms with E-state index >= 15 is 0 Å². The number of benzene rings is 1. The molecular formula is C27H33FN2O2. The van der Waals surface area contributed by atoms with E-state index in [1.807, 2.05) is 25.2 Å². The average Bonchev–Trinajstić information content (AvgIpc) is 2.81. The molecular weight excluding hydrogens is 403 g/mol. The first-order valence-corrected chi connectivity index (χ1v) is 11.4. The van der Waals surface area contributed by atoms with E-state index in [9.17, 15) is 4.39 Å². The third kappa shape index (κ3) is 6.36. The Morgan fingerprint density at radius 3 is 2.66 bits per heavy atom. The predicted molar refractivity (Wildman–Crippen MR) is 130 cm³/mol. The van der Waals surface area contributed by atoms with Crippen molar-refractivity contribution >= 4 is 17.0 Å². The number of ether oxygens (including phenoxy) is 2. The third-order valence-corrected chi connectivity index (χ3v) is 5.68. The van der Waals surface area contributed by atoms with Crippen LogP contribution in [0, 0.1) is 11.7 Å². The summed E-state index contributed by atoms with van der Waals surface area (Å²) >= 11 is 0. The van der Waals surface area contributed by atoms with Crippen LogP contribution in [-0.4, -0.2) is 24.6 Å². The van der Waals surface area contributed by atoms with Crippen molar-refractivity contribution in [1.29, 1.82) is 0 Å². The van der Waals surface area contributed by atoms with Gasteiger partial charge in [0, 0.05) is 24.3 Å². The van der Waals surface area contributed by atoms with Gasteiger partial charge >= 0.3 is 0 Å². The molecule has 2 aliphatic rings. The van der Waals surface area contributed by atoms with Crippen LogP contribution in [0.2, 0.25) is 0 Å². The number of hydrogen-bond donors (Lipinski definition) is 0. The summed E-state index contributed by atoms with van der Waals surface area (Å²) in [4.78, 5) is 0. The molecule has 0 saturated carbocycles. The number of unbranched alkanes of at least 4 members (excludes halogenated alkanes) is 1. The molecule has 1 aromatic rings. The van der Waals surface area contributed by atoms with Gasteiger partial charge in [0.2, 0.25) is 0 Å². The van der Waals surface area contributed by atoms with Gasteiger partial charge in [0.25, 0.3) is 0 Å². The van der Waals surface area contributed by atoms with Crippen LogP contribution in [0.25, 0.3) is 5.57 Å². The fourth-order valence-electron chi connectivity index (χ4n) is 3.78. The Bertz CT molecular complexity index is 968. The van der Waals surface area contributed by atoms with Crippen LogP contribution in [0.5, 0.6) is 0 Å². The smallest absolute Gasteiger partial charge is 0.133 e. The number of rotatable bonds is 9. The molecule has 1 heterocycles. The maximum absolute atomic E-state index is 13.5. The molecule has 0 fully saturated rings. The molecule has 2 unspecified atom stereocenters. The molecule has 1 aliphatic heterocycles. The van der Waals surface area contributed by atoms with Gasteiger partial charge in [-0.05, 0) is 74.6 Å². The van der Waals surface area contributed by atoms with Crippen molar-refractivity contribution in [2.24, 2.45) is 16.1 Å². The van der Waals surface area contributed by atoms with E-state index in [1.54, 1.807) is 19.2 Å². The fraction of sp³-hybridized carbons (Fsp3) is 0.407. The molecule has 1 aromatic carbocycles. The highest BCUT2D eigenvalue weighted by molar-refractivity contribution is 6.02. The molecule has 170 valence electrons. The van der Waals surface area contributed by atoms with Gasteiger partial charge in [-0.3, -0.25) is 0 Å². The van der Waals surface area contributed by atoms with Crippen LogP contribution < -0.4 is 0 Å². The summed E-state index contributed by atoms with van der Waals surface area (Å²) in [5.41, 5.74) is 3.90. The van der Waals surface area contributed by atoms with Crippen molar-refractivity contribution < 1.29 is 13.9 Å². The first-order valence-electron chi connectivity index (χ1n) is 11.4. The summed E-state index contributed by atoms with van der Waals surface area (Å²) in [7, 11) is 1.69. The topological polar surface area (TPSA) is 43.2 Å². The molecule has 0 amide bonds. The van der Waals surface area contributed by atoms with Gasteiger partial charge in [-0.1, -0.05) is 38.5 Å². The van der Waals surface area contributed by atoms with E-state index in [4.69, 9.17) is 9.47 Å². The minimum absolute atomic E-state index is 0.0601. The van der Waals surface area contributed by atoms with Gasteiger partial charge in [0.05, 0.1) is 11.8 Å². The van der Waals surface area contributed by atoms with Crippen molar-refractivity contribution in [2.75, 3.05) is 7.11 Å². The molecule has 0 radical (unpaired) electrons. The zero-order valence-corrected chi connectivity index (χ0v) is 19.5. The van der Waals surface area contributed by atoms with Crippen molar-refractivity contribution in [2.45, 2.75) is 59.0 Å². The summed E-state index contributed by atoms with van der Waals surface area (Å²) in [6, 6.07) is 6.50. The molecule has 4 nitrogen and oxygen atoms in total. The first-order chi connectivity index (χ1) is 15.5. The van der Waals surface area contributed by atoms with E-state index < -0.39 is 0 Å². The Morgan fingerprint density at radius 1 is 1.19 bits per heavy atom. The Balaban J connectivity index is 1.87. The molecule has 2 atom stereocenters. The second-order valence-corrected chi connectivity index (χ2v) is 8.17. The van der Waals surface area contributed by atoms with Crippen molar-refractivity contribution in [3.63, 3.8) is 0 Å². The lowest BCUT2D eigenvalue weighted by Gasteiger charge is -2.22. The number of hydrogen-bond acceptors (Lipinski definition) is 4. The molecule has 5 heteroatoms.